The van der Waals surface area contributed by atoms with Crippen molar-refractivity contribution in [3.63, 3.8) is 0 Å². The number of carbonyl (C=O) groups is 3. The van der Waals surface area contributed by atoms with Gasteiger partial charge in [-0.2, -0.15) is 0 Å². The molecule has 3 amide bonds. The first-order valence-electron chi connectivity index (χ1n) is 11.6. The van der Waals surface area contributed by atoms with Crippen LogP contribution in [0.2, 0.25) is 0 Å². The van der Waals surface area contributed by atoms with E-state index in [4.69, 9.17) is 9.94 Å². The van der Waals surface area contributed by atoms with Crippen molar-refractivity contribution in [1.29, 1.82) is 0 Å². The van der Waals surface area contributed by atoms with E-state index in [1.165, 1.54) is 0 Å². The van der Waals surface area contributed by atoms with E-state index < -0.39 is 5.91 Å². The van der Waals surface area contributed by atoms with Crippen molar-refractivity contribution in [2.45, 2.75) is 25.4 Å². The van der Waals surface area contributed by atoms with Crippen LogP contribution in [0.15, 0.2) is 72.8 Å². The number of methoxy groups -OCH3 is 1. The molecule has 0 aromatic heterocycles. The molecule has 0 heterocycles. The van der Waals surface area contributed by atoms with Gasteiger partial charge in [0.25, 0.3) is 17.7 Å². The third-order valence-electron chi connectivity index (χ3n) is 5.81. The van der Waals surface area contributed by atoms with E-state index in [-0.39, 0.29) is 24.4 Å². The van der Waals surface area contributed by atoms with Gasteiger partial charge in [-0.05, 0) is 72.0 Å². The number of ether oxygens (including phenoxy) is 1. The molecule has 8 nitrogen and oxygen atoms in total. The van der Waals surface area contributed by atoms with Gasteiger partial charge in [-0.25, -0.2) is 5.48 Å². The van der Waals surface area contributed by atoms with Crippen LogP contribution in [0.5, 0.6) is 5.75 Å². The lowest BCUT2D eigenvalue weighted by molar-refractivity contribution is -0.115. The summed E-state index contributed by atoms with van der Waals surface area (Å²) in [6.45, 7) is 0.282. The predicted molar refractivity (Wildman–Crippen MR) is 135 cm³/mol. The van der Waals surface area contributed by atoms with Gasteiger partial charge >= 0.3 is 0 Å². The average Bonchev–Trinajstić information content (AvgIpc) is 3.74. The fourth-order valence-corrected chi connectivity index (χ4v) is 3.56. The van der Waals surface area contributed by atoms with Crippen LogP contribution < -0.4 is 20.9 Å². The second kappa shape index (κ2) is 11.3. The van der Waals surface area contributed by atoms with Gasteiger partial charge in [-0.15, -0.1) is 0 Å². The molecule has 0 unspecified atom stereocenters. The van der Waals surface area contributed by atoms with Crippen LogP contribution in [0.1, 0.15) is 50.2 Å². The smallest absolute Gasteiger partial charge is 0.274 e. The first-order chi connectivity index (χ1) is 17.5. The van der Waals surface area contributed by atoms with Crippen molar-refractivity contribution in [2.75, 3.05) is 7.11 Å². The third-order valence-corrected chi connectivity index (χ3v) is 5.81. The molecular formula is C28H27N3O5. The maximum Gasteiger partial charge on any atom is 0.274 e. The van der Waals surface area contributed by atoms with Crippen molar-refractivity contribution in [2.24, 2.45) is 0 Å². The van der Waals surface area contributed by atoms with Crippen LogP contribution in [0.25, 0.3) is 11.6 Å². The van der Waals surface area contributed by atoms with E-state index in [2.05, 4.69) is 10.6 Å². The molecule has 1 saturated carbocycles. The Hall–Kier alpha value is -4.43. The third kappa shape index (κ3) is 6.37. The number of carbonyl (C=O) groups excluding carboxylic acids is 3. The summed E-state index contributed by atoms with van der Waals surface area (Å²) in [6, 6.07) is 21.1. The quantitative estimate of drug-likeness (QED) is 0.160. The van der Waals surface area contributed by atoms with Crippen LogP contribution in [0, 0.1) is 0 Å². The number of benzene rings is 3. The monoisotopic (exact) mass is 485 g/mol. The highest BCUT2D eigenvalue weighted by Crippen LogP contribution is 2.25. The van der Waals surface area contributed by atoms with Crippen LogP contribution in [0.3, 0.4) is 0 Å². The fraction of sp³-hybridized carbons (Fsp3) is 0.179. The molecule has 0 atom stereocenters. The van der Waals surface area contributed by atoms with E-state index in [0.29, 0.717) is 22.4 Å². The Kier molecular flexibility index (Phi) is 7.77. The maximum absolute atomic E-state index is 12.9. The minimum absolute atomic E-state index is 0.132. The summed E-state index contributed by atoms with van der Waals surface area (Å²) in [5, 5.41) is 14.6. The average molecular weight is 486 g/mol. The highest BCUT2D eigenvalue weighted by Gasteiger charge is 2.25. The minimum atomic E-state index is -0.597. The Morgan fingerprint density at radius 3 is 2.03 bits per heavy atom. The van der Waals surface area contributed by atoms with Gasteiger partial charge in [-0.3, -0.25) is 19.6 Å². The summed E-state index contributed by atoms with van der Waals surface area (Å²) in [4.78, 5) is 36.9. The molecule has 0 radical (unpaired) electrons. The van der Waals surface area contributed by atoms with Gasteiger partial charge in [0.05, 0.1) is 7.11 Å². The van der Waals surface area contributed by atoms with E-state index >= 15 is 0 Å². The number of nitrogens with one attached hydrogen (secondary N) is 3. The van der Waals surface area contributed by atoms with E-state index in [1.54, 1.807) is 61.1 Å². The molecule has 8 heteroatoms. The van der Waals surface area contributed by atoms with Gasteiger partial charge in [0, 0.05) is 29.3 Å². The standard InChI is InChI=1S/C28H27N3O5/c1-36-24-14-10-20(11-15-24)25(28(34)30-23-12-13-23)16-18-2-6-21(7-3-18)26(32)29-17-19-4-8-22(9-5-19)27(33)31-35/h2-11,14-16,23,35H,12-13,17H2,1H3,(H,29,32)(H,30,34)(H,31,33)/b25-16-. The fourth-order valence-electron chi connectivity index (χ4n) is 3.56. The second-order valence-corrected chi connectivity index (χ2v) is 8.48. The minimum Gasteiger partial charge on any atom is -0.497 e. The SMILES string of the molecule is COc1ccc(/C(=C/c2ccc(C(=O)NCc3ccc(C(=O)NO)cc3)cc2)C(=O)NC2CC2)cc1. The van der Waals surface area contributed by atoms with Gasteiger partial charge in [0.15, 0.2) is 0 Å². The lowest BCUT2D eigenvalue weighted by atomic mass is 10.0. The molecular weight excluding hydrogens is 458 g/mol. The Morgan fingerprint density at radius 1 is 0.861 bits per heavy atom. The highest BCUT2D eigenvalue weighted by molar-refractivity contribution is 6.24. The van der Waals surface area contributed by atoms with Gasteiger partial charge in [0.1, 0.15) is 5.75 Å². The number of hydrogen-bond acceptors (Lipinski definition) is 5. The molecule has 4 rings (SSSR count). The summed E-state index contributed by atoms with van der Waals surface area (Å²) < 4.78 is 5.22. The first kappa shape index (κ1) is 24.7. The summed E-state index contributed by atoms with van der Waals surface area (Å²) in [5.74, 6) is -0.265. The van der Waals surface area contributed by atoms with Gasteiger partial charge in [0.2, 0.25) is 0 Å². The molecule has 4 N–H and O–H groups in total. The first-order valence-corrected chi connectivity index (χ1v) is 11.6. The molecule has 0 bridgehead atoms. The zero-order valence-corrected chi connectivity index (χ0v) is 19.8. The van der Waals surface area contributed by atoms with Crippen LogP contribution in [-0.2, 0) is 11.3 Å². The summed E-state index contributed by atoms with van der Waals surface area (Å²) in [7, 11) is 1.60. The zero-order chi connectivity index (χ0) is 25.5. The molecule has 1 aliphatic carbocycles. The maximum atomic E-state index is 12.9. The van der Waals surface area contributed by atoms with Gasteiger partial charge in [-0.1, -0.05) is 36.4 Å². The Labute approximate surface area is 208 Å². The molecule has 3 aromatic rings. The van der Waals surface area contributed by atoms with Gasteiger partial charge < -0.3 is 15.4 Å². The molecule has 3 aromatic carbocycles. The predicted octanol–water partition coefficient (Wildman–Crippen LogP) is 3.56. The molecule has 36 heavy (non-hydrogen) atoms. The van der Waals surface area contributed by atoms with E-state index in [9.17, 15) is 14.4 Å². The van der Waals surface area contributed by atoms with Crippen molar-refractivity contribution >= 4 is 29.4 Å². The highest BCUT2D eigenvalue weighted by atomic mass is 16.5. The molecule has 184 valence electrons. The normalized spacial score (nSPS) is 13.0. The van der Waals surface area contributed by atoms with Crippen LogP contribution in [-0.4, -0.2) is 36.1 Å². The largest absolute Gasteiger partial charge is 0.497 e. The Balaban J connectivity index is 1.44. The number of rotatable bonds is 9. The van der Waals surface area contributed by atoms with E-state index in [1.807, 2.05) is 30.3 Å². The van der Waals surface area contributed by atoms with E-state index in [0.717, 1.165) is 29.5 Å². The topological polar surface area (TPSA) is 117 Å². The van der Waals surface area contributed by atoms with Crippen molar-refractivity contribution < 1.29 is 24.3 Å². The lowest BCUT2D eigenvalue weighted by Gasteiger charge is -2.10. The van der Waals surface area contributed by atoms with Crippen molar-refractivity contribution in [1.82, 2.24) is 16.1 Å². The number of hydrogen-bond donors (Lipinski definition) is 4. The Morgan fingerprint density at radius 2 is 1.44 bits per heavy atom. The molecule has 1 fully saturated rings. The molecule has 0 aliphatic heterocycles. The van der Waals surface area contributed by atoms with Crippen LogP contribution in [0.4, 0.5) is 0 Å². The zero-order valence-electron chi connectivity index (χ0n) is 19.8. The summed E-state index contributed by atoms with van der Waals surface area (Å²) in [6.07, 6.45) is 3.80. The molecule has 1 aliphatic rings. The summed E-state index contributed by atoms with van der Waals surface area (Å²) >= 11 is 0. The summed E-state index contributed by atoms with van der Waals surface area (Å²) in [5.41, 5.74) is 5.30. The lowest BCUT2D eigenvalue weighted by Crippen LogP contribution is -2.26. The Bertz CT molecular complexity index is 1260. The molecule has 0 saturated heterocycles. The second-order valence-electron chi connectivity index (χ2n) is 8.48. The van der Waals surface area contributed by atoms with Crippen LogP contribution >= 0.6 is 0 Å². The number of hydroxylamine groups is 1. The van der Waals surface area contributed by atoms with Crippen molar-refractivity contribution in [3.05, 3.63) is 101 Å². The molecule has 0 spiro atoms. The number of amides is 3. The van der Waals surface area contributed by atoms with Crippen molar-refractivity contribution in [3.8, 4) is 5.75 Å².